The fraction of sp³-hybridized carbons (Fsp3) is 0.208. The number of carbonyl (C=O) groups excluding carboxylic acids is 1. The third kappa shape index (κ3) is 4.02. The second kappa shape index (κ2) is 8.45. The Labute approximate surface area is 183 Å². The molecule has 0 aliphatic heterocycles. The summed E-state index contributed by atoms with van der Waals surface area (Å²) in [4.78, 5) is 35.4. The van der Waals surface area contributed by atoms with Crippen LogP contribution in [0.5, 0.6) is 0 Å². The number of hydrogen-bond donors (Lipinski definition) is 3. The minimum Gasteiger partial charge on any atom is -0.324 e. The van der Waals surface area contributed by atoms with Gasteiger partial charge in [-0.1, -0.05) is 48.5 Å². The lowest BCUT2D eigenvalue weighted by atomic mass is 10.1. The molecule has 4 aromatic rings. The van der Waals surface area contributed by atoms with Crippen molar-refractivity contribution in [3.05, 3.63) is 92.8 Å². The number of benzene rings is 2. The largest absolute Gasteiger partial charge is 0.324 e. The number of aryl methyl sites for hydroxylation is 2. The molecule has 1 amide bonds. The molecule has 3 N–H and O–H groups in total. The van der Waals surface area contributed by atoms with Crippen LogP contribution in [0.15, 0.2) is 65.5 Å². The van der Waals surface area contributed by atoms with Crippen LogP contribution in [0.1, 0.15) is 34.3 Å². The number of amides is 1. The quantitative estimate of drug-likeness (QED) is 0.432. The molecule has 1 unspecified atom stereocenters. The minimum absolute atomic E-state index is 0.0915. The SMILES string of the molecule is O=C(Nc1ccccc1)C(NCc1nc2sc3c(c2c(=O)[nH]1)CCC3)c1ccccc1. The van der Waals surface area contributed by atoms with E-state index in [1.807, 2.05) is 60.7 Å². The lowest BCUT2D eigenvalue weighted by Gasteiger charge is -2.19. The number of nitrogens with zero attached hydrogens (tertiary/aromatic N) is 1. The summed E-state index contributed by atoms with van der Waals surface area (Å²) >= 11 is 1.62. The highest BCUT2D eigenvalue weighted by Gasteiger charge is 2.23. The number of rotatable bonds is 6. The molecule has 1 atom stereocenters. The Bertz CT molecular complexity index is 1280. The molecule has 7 heteroatoms. The van der Waals surface area contributed by atoms with Crippen molar-refractivity contribution in [3.63, 3.8) is 0 Å². The summed E-state index contributed by atoms with van der Waals surface area (Å²) in [7, 11) is 0. The predicted octanol–water partition coefficient (Wildman–Crippen LogP) is 3.94. The highest BCUT2D eigenvalue weighted by atomic mass is 32.1. The van der Waals surface area contributed by atoms with Crippen molar-refractivity contribution in [1.29, 1.82) is 0 Å². The van der Waals surface area contributed by atoms with Gasteiger partial charge in [0.1, 0.15) is 16.7 Å². The van der Waals surface area contributed by atoms with E-state index in [4.69, 9.17) is 0 Å². The zero-order valence-corrected chi connectivity index (χ0v) is 17.7. The first-order valence-electron chi connectivity index (χ1n) is 10.4. The summed E-state index contributed by atoms with van der Waals surface area (Å²) in [5.41, 5.74) is 2.65. The topological polar surface area (TPSA) is 86.9 Å². The Balaban J connectivity index is 1.39. The number of aromatic amines is 1. The maximum Gasteiger partial charge on any atom is 0.259 e. The predicted molar refractivity (Wildman–Crippen MR) is 123 cm³/mol. The zero-order chi connectivity index (χ0) is 21.2. The van der Waals surface area contributed by atoms with E-state index in [2.05, 4.69) is 20.6 Å². The third-order valence-corrected chi connectivity index (χ3v) is 6.72. The van der Waals surface area contributed by atoms with Gasteiger partial charge in [-0.3, -0.25) is 14.9 Å². The molecule has 1 aliphatic rings. The second-order valence-electron chi connectivity index (χ2n) is 7.63. The molecular formula is C24H22N4O2S. The molecule has 31 heavy (non-hydrogen) atoms. The van der Waals surface area contributed by atoms with Crippen molar-refractivity contribution in [3.8, 4) is 0 Å². The van der Waals surface area contributed by atoms with Crippen LogP contribution in [0.25, 0.3) is 10.2 Å². The number of aromatic nitrogens is 2. The standard InChI is InChI=1S/C24H22N4O2S/c29-22-20-17-12-7-13-18(17)31-24(20)28-19(27-22)14-25-21(15-8-3-1-4-9-15)23(30)26-16-10-5-2-6-11-16/h1-6,8-11,21,25H,7,12-14H2,(H,26,30)(H,27,28,29). The van der Waals surface area contributed by atoms with E-state index in [1.54, 1.807) is 11.3 Å². The lowest BCUT2D eigenvalue weighted by Crippen LogP contribution is -2.33. The fourth-order valence-electron chi connectivity index (χ4n) is 4.07. The molecule has 0 fully saturated rings. The molecule has 0 spiro atoms. The van der Waals surface area contributed by atoms with Gasteiger partial charge in [0.2, 0.25) is 5.91 Å². The van der Waals surface area contributed by atoms with Crippen LogP contribution < -0.4 is 16.2 Å². The van der Waals surface area contributed by atoms with E-state index in [-0.39, 0.29) is 18.0 Å². The first-order chi connectivity index (χ1) is 15.2. The van der Waals surface area contributed by atoms with Gasteiger partial charge in [-0.15, -0.1) is 11.3 Å². The summed E-state index contributed by atoms with van der Waals surface area (Å²) in [5.74, 6) is 0.363. The van der Waals surface area contributed by atoms with Gasteiger partial charge in [-0.05, 0) is 42.5 Å². The normalized spacial score (nSPS) is 13.8. The van der Waals surface area contributed by atoms with Gasteiger partial charge in [0, 0.05) is 10.6 Å². The van der Waals surface area contributed by atoms with Crippen molar-refractivity contribution in [2.24, 2.45) is 0 Å². The monoisotopic (exact) mass is 430 g/mol. The number of H-pyrrole nitrogens is 1. The molecule has 6 nitrogen and oxygen atoms in total. The smallest absolute Gasteiger partial charge is 0.259 e. The van der Waals surface area contributed by atoms with Crippen LogP contribution in [-0.2, 0) is 24.2 Å². The van der Waals surface area contributed by atoms with E-state index in [9.17, 15) is 9.59 Å². The zero-order valence-electron chi connectivity index (χ0n) is 16.9. The van der Waals surface area contributed by atoms with Gasteiger partial charge < -0.3 is 10.3 Å². The van der Waals surface area contributed by atoms with Crippen molar-refractivity contribution in [1.82, 2.24) is 15.3 Å². The van der Waals surface area contributed by atoms with E-state index in [0.717, 1.165) is 46.3 Å². The summed E-state index contributed by atoms with van der Waals surface area (Å²) in [5, 5.41) is 6.96. The lowest BCUT2D eigenvalue weighted by molar-refractivity contribution is -0.118. The number of hydrogen-bond acceptors (Lipinski definition) is 5. The average Bonchev–Trinajstić information content (AvgIpc) is 3.36. The number of carbonyl (C=O) groups is 1. The van der Waals surface area contributed by atoms with E-state index in [0.29, 0.717) is 5.82 Å². The van der Waals surface area contributed by atoms with Crippen molar-refractivity contribution < 1.29 is 4.79 Å². The van der Waals surface area contributed by atoms with Gasteiger partial charge in [0.05, 0.1) is 11.9 Å². The second-order valence-corrected chi connectivity index (χ2v) is 8.71. The molecule has 0 radical (unpaired) electrons. The summed E-state index contributed by atoms with van der Waals surface area (Å²) in [6, 6.07) is 18.3. The number of thiophene rings is 1. The van der Waals surface area contributed by atoms with Crippen molar-refractivity contribution >= 4 is 33.1 Å². The Morgan fingerprint density at radius 1 is 1.06 bits per heavy atom. The van der Waals surface area contributed by atoms with Crippen LogP contribution in [0.3, 0.4) is 0 Å². The summed E-state index contributed by atoms with van der Waals surface area (Å²) in [6.07, 6.45) is 3.09. The van der Waals surface area contributed by atoms with Gasteiger partial charge >= 0.3 is 0 Å². The minimum atomic E-state index is -0.587. The van der Waals surface area contributed by atoms with Gasteiger partial charge in [0.15, 0.2) is 0 Å². The van der Waals surface area contributed by atoms with Crippen LogP contribution in [-0.4, -0.2) is 15.9 Å². The molecular weight excluding hydrogens is 408 g/mol. The maximum absolute atomic E-state index is 13.0. The molecule has 0 saturated heterocycles. The number of fused-ring (bicyclic) bond motifs is 3. The van der Waals surface area contributed by atoms with Crippen LogP contribution in [0.2, 0.25) is 0 Å². The van der Waals surface area contributed by atoms with E-state index >= 15 is 0 Å². The molecule has 156 valence electrons. The highest BCUT2D eigenvalue weighted by Crippen LogP contribution is 2.34. The van der Waals surface area contributed by atoms with Crippen LogP contribution >= 0.6 is 11.3 Å². The number of nitrogens with one attached hydrogen (secondary N) is 3. The van der Waals surface area contributed by atoms with Gasteiger partial charge in [0.25, 0.3) is 5.56 Å². The number of anilines is 1. The summed E-state index contributed by atoms with van der Waals surface area (Å²) < 4.78 is 0. The maximum atomic E-state index is 13.0. The van der Waals surface area contributed by atoms with E-state index in [1.165, 1.54) is 4.88 Å². The molecule has 0 bridgehead atoms. The van der Waals surface area contributed by atoms with Crippen LogP contribution in [0.4, 0.5) is 5.69 Å². The molecule has 2 aromatic carbocycles. The molecule has 2 heterocycles. The fourth-order valence-corrected chi connectivity index (χ4v) is 5.35. The highest BCUT2D eigenvalue weighted by molar-refractivity contribution is 7.18. The Hall–Kier alpha value is -3.29. The van der Waals surface area contributed by atoms with E-state index < -0.39 is 6.04 Å². The van der Waals surface area contributed by atoms with Gasteiger partial charge in [-0.25, -0.2) is 4.98 Å². The molecule has 2 aromatic heterocycles. The number of para-hydroxylation sites is 1. The first-order valence-corrected chi connectivity index (χ1v) is 11.2. The third-order valence-electron chi connectivity index (χ3n) is 5.53. The Morgan fingerprint density at radius 3 is 2.58 bits per heavy atom. The van der Waals surface area contributed by atoms with Crippen LogP contribution in [0, 0.1) is 0 Å². The molecule has 0 saturated carbocycles. The summed E-state index contributed by atoms with van der Waals surface area (Å²) in [6.45, 7) is 0.273. The first kappa shape index (κ1) is 19.7. The Morgan fingerprint density at radius 2 is 1.81 bits per heavy atom. The molecule has 1 aliphatic carbocycles. The van der Waals surface area contributed by atoms with Gasteiger partial charge in [-0.2, -0.15) is 0 Å². The molecule has 5 rings (SSSR count). The van der Waals surface area contributed by atoms with Crippen molar-refractivity contribution in [2.75, 3.05) is 5.32 Å². The Kier molecular flexibility index (Phi) is 5.36. The van der Waals surface area contributed by atoms with Crippen molar-refractivity contribution in [2.45, 2.75) is 31.8 Å². The average molecular weight is 431 g/mol.